The molecule has 0 spiro atoms. The van der Waals surface area contributed by atoms with E-state index in [1.54, 1.807) is 0 Å². The van der Waals surface area contributed by atoms with Gasteiger partial charge in [0.1, 0.15) is 0 Å². The van der Waals surface area contributed by atoms with E-state index in [-0.39, 0.29) is 0 Å². The number of hydrogen-bond acceptors (Lipinski definition) is 1. The van der Waals surface area contributed by atoms with E-state index in [1.807, 2.05) is 18.2 Å². The maximum Gasteiger partial charge on any atom is 0.0896 e. The first kappa shape index (κ1) is 9.41. The van der Waals surface area contributed by atoms with Crippen LogP contribution in [0.2, 0.25) is 0 Å². The van der Waals surface area contributed by atoms with Gasteiger partial charge < -0.3 is 5.11 Å². The Hall–Kier alpha value is -1.15. The Bertz CT molecular complexity index is 359. The Morgan fingerprint density at radius 2 is 2.00 bits per heavy atom. The second kappa shape index (κ2) is 3.54. The predicted octanol–water partition coefficient (Wildman–Crippen LogP) is 2.39. The summed E-state index contributed by atoms with van der Waals surface area (Å²) in [4.78, 5) is 0. The lowest BCUT2D eigenvalue weighted by molar-refractivity contribution is 0.0750. The number of fused-ring (bicyclic) bond motifs is 1. The van der Waals surface area contributed by atoms with E-state index < -0.39 is 5.60 Å². The van der Waals surface area contributed by atoms with Crippen molar-refractivity contribution >= 4 is 0 Å². The van der Waals surface area contributed by atoms with Gasteiger partial charge in [-0.05, 0) is 30.0 Å². The van der Waals surface area contributed by atoms with Crippen LogP contribution in [-0.2, 0) is 12.8 Å². The molecule has 0 unspecified atom stereocenters. The van der Waals surface area contributed by atoms with Crippen molar-refractivity contribution < 1.29 is 9.50 Å². The van der Waals surface area contributed by atoms with Crippen LogP contribution in [0.15, 0.2) is 36.7 Å². The summed E-state index contributed by atoms with van der Waals surface area (Å²) in [5.74, 6) is 0. The Labute approximate surface area is 82.9 Å². The summed E-state index contributed by atoms with van der Waals surface area (Å²) in [5.41, 5.74) is 1.41. The number of rotatable bonds is 1. The molecule has 14 heavy (non-hydrogen) atoms. The van der Waals surface area contributed by atoms with E-state index in [2.05, 4.69) is 6.07 Å². The highest BCUT2D eigenvalue weighted by Gasteiger charge is 2.29. The van der Waals surface area contributed by atoms with Crippen molar-refractivity contribution in [3.8, 4) is 0 Å². The van der Waals surface area contributed by atoms with Gasteiger partial charge in [0.15, 0.2) is 0 Å². The second-order valence-corrected chi connectivity index (χ2v) is 3.84. The summed E-state index contributed by atoms with van der Waals surface area (Å²) in [7, 11) is 0. The van der Waals surface area contributed by atoms with Gasteiger partial charge >= 0.3 is 0 Å². The monoisotopic (exact) mass is 192 g/mol. The lowest BCUT2D eigenvalue weighted by Gasteiger charge is -2.30. The van der Waals surface area contributed by atoms with Crippen molar-refractivity contribution in [2.75, 3.05) is 0 Å². The van der Waals surface area contributed by atoms with Crippen LogP contribution in [0, 0.1) is 0 Å². The summed E-state index contributed by atoms with van der Waals surface area (Å²) >= 11 is 0. The smallest absolute Gasteiger partial charge is 0.0896 e. The molecule has 1 aliphatic carbocycles. The molecule has 2 heteroatoms. The van der Waals surface area contributed by atoms with Crippen LogP contribution in [0.1, 0.15) is 17.5 Å². The number of hydrogen-bond donors (Lipinski definition) is 1. The van der Waals surface area contributed by atoms with Gasteiger partial charge in [-0.2, -0.15) is 0 Å². The fraction of sp³-hybridized carbons (Fsp3) is 0.333. The minimum Gasteiger partial charge on any atom is -0.385 e. The van der Waals surface area contributed by atoms with Crippen molar-refractivity contribution in [1.29, 1.82) is 0 Å². The van der Waals surface area contributed by atoms with E-state index >= 15 is 0 Å². The highest BCUT2D eigenvalue weighted by molar-refractivity contribution is 5.32. The molecule has 0 aromatic heterocycles. The maximum atomic E-state index is 12.1. The molecule has 0 saturated carbocycles. The average Bonchev–Trinajstić information content (AvgIpc) is 2.17. The molecule has 0 bridgehead atoms. The van der Waals surface area contributed by atoms with E-state index in [0.29, 0.717) is 19.2 Å². The van der Waals surface area contributed by atoms with Gasteiger partial charge in [-0.3, -0.25) is 0 Å². The molecule has 1 atom stereocenters. The lowest BCUT2D eigenvalue weighted by Crippen LogP contribution is -2.33. The highest BCUT2D eigenvalue weighted by Crippen LogP contribution is 2.29. The third-order valence-electron chi connectivity index (χ3n) is 2.82. The minimum absolute atomic E-state index is 0.438. The molecule has 1 N–H and O–H groups in total. The van der Waals surface area contributed by atoms with Gasteiger partial charge in [-0.1, -0.05) is 24.3 Å². The quantitative estimate of drug-likeness (QED) is 0.724. The molecule has 0 aliphatic heterocycles. The molecule has 0 amide bonds. The van der Waals surface area contributed by atoms with Crippen LogP contribution in [0.25, 0.3) is 0 Å². The Morgan fingerprint density at radius 3 is 2.71 bits per heavy atom. The summed E-state index contributed by atoms with van der Waals surface area (Å²) in [6.07, 6.45) is 3.63. The molecule has 74 valence electrons. The summed E-state index contributed by atoms with van der Waals surface area (Å²) < 4.78 is 12.1. The largest absolute Gasteiger partial charge is 0.385 e. The zero-order valence-electron chi connectivity index (χ0n) is 7.91. The SMILES string of the molecule is O[C@]1(/C=C/F)CCc2ccccc2C1. The zero-order chi connectivity index (χ0) is 10.0. The summed E-state index contributed by atoms with van der Waals surface area (Å²) in [6.45, 7) is 0. The summed E-state index contributed by atoms with van der Waals surface area (Å²) in [6, 6.07) is 8.00. The van der Waals surface area contributed by atoms with Gasteiger partial charge in [-0.15, -0.1) is 0 Å². The van der Waals surface area contributed by atoms with Gasteiger partial charge in [0.05, 0.1) is 11.9 Å². The van der Waals surface area contributed by atoms with Crippen LogP contribution in [0.4, 0.5) is 4.39 Å². The highest BCUT2D eigenvalue weighted by atomic mass is 19.1. The molecular weight excluding hydrogens is 179 g/mol. The van der Waals surface area contributed by atoms with Crippen LogP contribution < -0.4 is 0 Å². The molecule has 2 rings (SSSR count). The molecule has 0 heterocycles. The fourth-order valence-corrected chi connectivity index (χ4v) is 2.00. The van der Waals surface area contributed by atoms with Gasteiger partial charge in [0, 0.05) is 6.42 Å². The summed E-state index contributed by atoms with van der Waals surface area (Å²) in [5, 5.41) is 9.99. The normalized spacial score (nSPS) is 26.4. The van der Waals surface area contributed by atoms with Crippen LogP contribution in [0.5, 0.6) is 0 Å². The van der Waals surface area contributed by atoms with Crippen molar-refractivity contribution in [3.63, 3.8) is 0 Å². The first-order valence-corrected chi connectivity index (χ1v) is 4.81. The molecule has 1 nitrogen and oxygen atoms in total. The molecule has 1 aromatic carbocycles. The minimum atomic E-state index is -0.983. The first-order valence-electron chi connectivity index (χ1n) is 4.81. The van der Waals surface area contributed by atoms with Crippen LogP contribution >= 0.6 is 0 Å². The second-order valence-electron chi connectivity index (χ2n) is 3.84. The number of benzene rings is 1. The third-order valence-corrected chi connectivity index (χ3v) is 2.82. The fourth-order valence-electron chi connectivity index (χ4n) is 2.00. The lowest BCUT2D eigenvalue weighted by atomic mass is 9.80. The molecule has 0 saturated heterocycles. The van der Waals surface area contributed by atoms with Gasteiger partial charge in [-0.25, -0.2) is 4.39 Å². The van der Waals surface area contributed by atoms with Gasteiger partial charge in [0.25, 0.3) is 0 Å². The van der Waals surface area contributed by atoms with E-state index in [0.717, 1.165) is 12.0 Å². The Balaban J connectivity index is 2.29. The Morgan fingerprint density at radius 1 is 1.29 bits per heavy atom. The molecule has 1 aliphatic rings. The topological polar surface area (TPSA) is 20.2 Å². The molecule has 0 radical (unpaired) electrons. The first-order chi connectivity index (χ1) is 6.73. The maximum absolute atomic E-state index is 12.1. The third kappa shape index (κ3) is 1.70. The van der Waals surface area contributed by atoms with E-state index in [1.165, 1.54) is 11.6 Å². The standard InChI is InChI=1S/C12H13FO/c13-8-7-12(14)6-5-10-3-1-2-4-11(10)9-12/h1-4,7-8,14H,5-6,9H2/b8-7+/t12-/m0/s1. The van der Waals surface area contributed by atoms with Crippen molar-refractivity contribution in [1.82, 2.24) is 0 Å². The predicted molar refractivity (Wildman–Crippen MR) is 53.7 cm³/mol. The average molecular weight is 192 g/mol. The van der Waals surface area contributed by atoms with Crippen molar-refractivity contribution in [3.05, 3.63) is 47.8 Å². The van der Waals surface area contributed by atoms with Crippen LogP contribution in [-0.4, -0.2) is 10.7 Å². The number of aliphatic hydroxyl groups is 1. The van der Waals surface area contributed by atoms with Crippen LogP contribution in [0.3, 0.4) is 0 Å². The number of halogens is 1. The van der Waals surface area contributed by atoms with E-state index in [9.17, 15) is 9.50 Å². The number of aryl methyl sites for hydroxylation is 1. The molecule has 1 aromatic rings. The van der Waals surface area contributed by atoms with E-state index in [4.69, 9.17) is 0 Å². The van der Waals surface area contributed by atoms with Gasteiger partial charge in [0.2, 0.25) is 0 Å². The van der Waals surface area contributed by atoms with Crippen molar-refractivity contribution in [2.24, 2.45) is 0 Å². The zero-order valence-corrected chi connectivity index (χ0v) is 7.91. The Kier molecular flexibility index (Phi) is 2.38. The molecular formula is C12H13FO. The molecule has 0 fully saturated rings. The van der Waals surface area contributed by atoms with Crippen molar-refractivity contribution in [2.45, 2.75) is 24.9 Å².